The van der Waals surface area contributed by atoms with Crippen LogP contribution in [-0.2, 0) is 9.53 Å². The van der Waals surface area contributed by atoms with Crippen LogP contribution >= 0.6 is 0 Å². The predicted molar refractivity (Wildman–Crippen MR) is 105 cm³/mol. The van der Waals surface area contributed by atoms with Gasteiger partial charge in [0.15, 0.2) is 12.2 Å². The number of guanidine groups is 1. The molecule has 1 aromatic carbocycles. The van der Waals surface area contributed by atoms with Crippen LogP contribution in [0.2, 0.25) is 0 Å². The van der Waals surface area contributed by atoms with E-state index in [1.165, 1.54) is 9.80 Å². The molecule has 0 spiro atoms. The van der Waals surface area contributed by atoms with Gasteiger partial charge >= 0.3 is 6.03 Å². The molecule has 3 amide bonds. The lowest BCUT2D eigenvalue weighted by Gasteiger charge is -2.40. The molecule has 0 radical (unpaired) electrons. The third-order valence-corrected chi connectivity index (χ3v) is 5.57. The Morgan fingerprint density at radius 3 is 2.62 bits per heavy atom. The molecule has 0 aromatic heterocycles. The fourth-order valence-electron chi connectivity index (χ4n) is 4.06. The van der Waals surface area contributed by atoms with Gasteiger partial charge in [-0.05, 0) is 12.1 Å². The van der Waals surface area contributed by atoms with Crippen LogP contribution in [0.25, 0.3) is 0 Å². The molecular weight excluding hydrogens is 378 g/mol. The molecule has 3 aliphatic heterocycles. The van der Waals surface area contributed by atoms with E-state index in [-0.39, 0.29) is 18.5 Å². The van der Waals surface area contributed by atoms with Crippen molar-refractivity contribution in [2.75, 3.05) is 59.5 Å². The van der Waals surface area contributed by atoms with Crippen molar-refractivity contribution in [3.63, 3.8) is 0 Å². The van der Waals surface area contributed by atoms with Gasteiger partial charge in [-0.25, -0.2) is 9.79 Å². The number of carbonyl (C=O) groups is 2. The number of hydrogen-bond donors (Lipinski definition) is 0. The molecule has 1 aromatic rings. The topological polar surface area (TPSA) is 87.2 Å². The number of urea groups is 1. The van der Waals surface area contributed by atoms with E-state index in [1.54, 1.807) is 28.4 Å². The molecular formula is C19H25N5O5. The average molecular weight is 403 g/mol. The minimum Gasteiger partial charge on any atom is -0.497 e. The summed E-state index contributed by atoms with van der Waals surface area (Å²) in [6.07, 6.45) is -0.553. The second-order valence-electron chi connectivity index (χ2n) is 7.05. The highest BCUT2D eigenvalue weighted by atomic mass is 16.5. The van der Waals surface area contributed by atoms with Crippen LogP contribution in [0.5, 0.6) is 11.5 Å². The van der Waals surface area contributed by atoms with Crippen LogP contribution in [0.1, 0.15) is 0 Å². The van der Waals surface area contributed by atoms with Gasteiger partial charge in [0.1, 0.15) is 11.5 Å². The summed E-state index contributed by atoms with van der Waals surface area (Å²) >= 11 is 0. The van der Waals surface area contributed by atoms with Crippen LogP contribution in [-0.4, -0.2) is 99.4 Å². The van der Waals surface area contributed by atoms with Gasteiger partial charge in [0, 0.05) is 33.3 Å². The van der Waals surface area contributed by atoms with Crippen molar-refractivity contribution in [2.24, 2.45) is 4.99 Å². The van der Waals surface area contributed by atoms with Gasteiger partial charge in [0.25, 0.3) is 5.91 Å². The lowest BCUT2D eigenvalue weighted by molar-refractivity contribution is -0.137. The number of rotatable bonds is 6. The van der Waals surface area contributed by atoms with E-state index in [4.69, 9.17) is 19.2 Å². The van der Waals surface area contributed by atoms with Gasteiger partial charge in [0.2, 0.25) is 5.96 Å². The second-order valence-corrected chi connectivity index (χ2v) is 7.05. The minimum atomic E-state index is -0.553. The van der Waals surface area contributed by atoms with Gasteiger partial charge in [-0.1, -0.05) is 0 Å². The Kier molecular flexibility index (Phi) is 4.95. The maximum atomic E-state index is 13.1. The van der Waals surface area contributed by atoms with E-state index in [0.29, 0.717) is 37.2 Å². The van der Waals surface area contributed by atoms with Crippen molar-refractivity contribution in [2.45, 2.75) is 12.2 Å². The quantitative estimate of drug-likeness (QED) is 0.681. The summed E-state index contributed by atoms with van der Waals surface area (Å²) in [5, 5.41) is 0. The van der Waals surface area contributed by atoms with Crippen LogP contribution in [0.3, 0.4) is 0 Å². The summed E-state index contributed by atoms with van der Waals surface area (Å²) in [6.45, 7) is 1.78. The number of nitrogens with zero attached hydrogens (tertiary/aromatic N) is 5. The predicted octanol–water partition coefficient (Wildman–Crippen LogP) is 0.431. The average Bonchev–Trinajstić information content (AvgIpc) is 3.31. The molecule has 2 atom stereocenters. The monoisotopic (exact) mass is 403 g/mol. The van der Waals surface area contributed by atoms with E-state index in [9.17, 15) is 9.59 Å². The fourth-order valence-corrected chi connectivity index (χ4v) is 4.06. The molecule has 3 aliphatic rings. The Morgan fingerprint density at radius 2 is 1.93 bits per heavy atom. The molecule has 0 aliphatic carbocycles. The summed E-state index contributed by atoms with van der Waals surface area (Å²) in [7, 11) is 6.44. The number of anilines is 1. The van der Waals surface area contributed by atoms with Gasteiger partial charge < -0.3 is 28.9 Å². The van der Waals surface area contributed by atoms with Gasteiger partial charge in [-0.3, -0.25) is 9.69 Å². The van der Waals surface area contributed by atoms with E-state index < -0.39 is 12.2 Å². The second kappa shape index (κ2) is 7.43. The largest absolute Gasteiger partial charge is 0.497 e. The first kappa shape index (κ1) is 19.3. The molecule has 156 valence electrons. The molecule has 0 bridgehead atoms. The molecule has 4 rings (SSSR count). The molecule has 2 fully saturated rings. The van der Waals surface area contributed by atoms with Crippen LogP contribution in [0, 0.1) is 0 Å². The highest BCUT2D eigenvalue weighted by Gasteiger charge is 2.54. The number of imide groups is 1. The summed E-state index contributed by atoms with van der Waals surface area (Å²) in [5.74, 6) is 1.80. The Labute approximate surface area is 169 Å². The van der Waals surface area contributed by atoms with Gasteiger partial charge in [-0.2, -0.15) is 0 Å². The molecule has 2 unspecified atom stereocenters. The number of likely N-dealkylation sites (N-methyl/N-ethyl adjacent to an activating group) is 1. The maximum Gasteiger partial charge on any atom is 0.328 e. The van der Waals surface area contributed by atoms with Crippen LogP contribution in [0.4, 0.5) is 10.5 Å². The highest BCUT2D eigenvalue weighted by molar-refractivity contribution is 6.08. The van der Waals surface area contributed by atoms with Crippen molar-refractivity contribution < 1.29 is 23.8 Å². The van der Waals surface area contributed by atoms with Crippen molar-refractivity contribution in [1.29, 1.82) is 0 Å². The fraction of sp³-hybridized carbons (Fsp3) is 0.526. The molecule has 10 nitrogen and oxygen atoms in total. The Morgan fingerprint density at radius 1 is 1.14 bits per heavy atom. The number of fused-ring (bicyclic) bond motifs is 3. The van der Waals surface area contributed by atoms with Crippen molar-refractivity contribution in [1.82, 2.24) is 14.7 Å². The summed E-state index contributed by atoms with van der Waals surface area (Å²) in [4.78, 5) is 37.3. The number of hydrogen-bond acceptors (Lipinski definition) is 8. The first-order chi connectivity index (χ1) is 14.0. The first-order valence-electron chi connectivity index (χ1n) is 9.43. The number of methoxy groups -OCH3 is 3. The number of carbonyl (C=O) groups excluding carboxylic acids is 2. The lowest BCUT2D eigenvalue weighted by atomic mass is 10.1. The SMILES string of the molecule is COCCN1C(=O)C2C(N=C3N(c4cc(OC)ccc4OC)CCN32)N(C)C1=O. The van der Waals surface area contributed by atoms with Crippen LogP contribution in [0.15, 0.2) is 23.2 Å². The van der Waals surface area contributed by atoms with Crippen molar-refractivity contribution >= 4 is 23.6 Å². The third-order valence-electron chi connectivity index (χ3n) is 5.57. The maximum absolute atomic E-state index is 13.1. The van der Waals surface area contributed by atoms with E-state index in [0.717, 1.165) is 5.69 Å². The summed E-state index contributed by atoms with van der Waals surface area (Å²) in [6, 6.07) is 4.66. The molecule has 0 N–H and O–H groups in total. The minimum absolute atomic E-state index is 0.221. The molecule has 3 heterocycles. The van der Waals surface area contributed by atoms with E-state index >= 15 is 0 Å². The number of benzene rings is 1. The smallest absolute Gasteiger partial charge is 0.328 e. The Balaban J connectivity index is 1.67. The zero-order valence-corrected chi connectivity index (χ0v) is 17.0. The first-order valence-corrected chi connectivity index (χ1v) is 9.43. The molecule has 10 heteroatoms. The number of ether oxygens (including phenoxy) is 3. The lowest BCUT2D eigenvalue weighted by Crippen LogP contribution is -2.65. The highest BCUT2D eigenvalue weighted by Crippen LogP contribution is 2.38. The summed E-state index contributed by atoms with van der Waals surface area (Å²) < 4.78 is 15.9. The van der Waals surface area contributed by atoms with E-state index in [1.807, 2.05) is 28.0 Å². The Bertz CT molecular complexity index is 859. The van der Waals surface area contributed by atoms with Crippen molar-refractivity contribution in [3.05, 3.63) is 18.2 Å². The normalized spacial score (nSPS) is 23.4. The van der Waals surface area contributed by atoms with Crippen molar-refractivity contribution in [3.8, 4) is 11.5 Å². The summed E-state index contributed by atoms with van der Waals surface area (Å²) in [5.41, 5.74) is 0.810. The zero-order valence-electron chi connectivity index (χ0n) is 17.0. The molecule has 2 saturated heterocycles. The van der Waals surface area contributed by atoms with Gasteiger partial charge in [-0.15, -0.1) is 0 Å². The zero-order chi connectivity index (χ0) is 20.7. The standard InChI is InChI=1S/C19H25N5O5/c1-21-16-15(17(25)24(19(21)26)9-10-27-2)23-8-7-22(18(23)20-16)13-11-12(28-3)5-6-14(13)29-4/h5-6,11,15-16H,7-10H2,1-4H3. The van der Waals surface area contributed by atoms with E-state index in [2.05, 4.69) is 0 Å². The molecule has 29 heavy (non-hydrogen) atoms. The Hall–Kier alpha value is -3.01. The molecule has 0 saturated carbocycles. The third kappa shape index (κ3) is 2.94. The number of aliphatic imine (C=N–C) groups is 1. The van der Waals surface area contributed by atoms with Gasteiger partial charge in [0.05, 0.1) is 33.1 Å². The van der Waals surface area contributed by atoms with Crippen LogP contribution < -0.4 is 14.4 Å². The number of amides is 3.